The maximum Gasteiger partial charge on any atom is 0.349 e. The van der Waals surface area contributed by atoms with Crippen molar-refractivity contribution in [3.63, 3.8) is 0 Å². The molecule has 172 valence electrons. The molecule has 1 fully saturated rings. The molecule has 10 nitrogen and oxygen atoms in total. The first-order chi connectivity index (χ1) is 16.4. The van der Waals surface area contributed by atoms with Crippen LogP contribution in [-0.2, 0) is 4.74 Å². The Morgan fingerprint density at radius 2 is 1.76 bits per heavy atom. The predicted octanol–water partition coefficient (Wildman–Crippen LogP) is 2.56. The van der Waals surface area contributed by atoms with Crippen molar-refractivity contribution >= 4 is 34.2 Å². The van der Waals surface area contributed by atoms with E-state index in [1.54, 1.807) is 27.5 Å². The highest BCUT2D eigenvalue weighted by Gasteiger charge is 2.21. The molecule has 1 aliphatic heterocycles. The van der Waals surface area contributed by atoms with Crippen LogP contribution in [0.5, 0.6) is 0 Å². The zero-order valence-electron chi connectivity index (χ0n) is 17.5. The quantitative estimate of drug-likeness (QED) is 0.462. The van der Waals surface area contributed by atoms with Gasteiger partial charge in [0.25, 0.3) is 11.1 Å². The van der Waals surface area contributed by atoms with Crippen molar-refractivity contribution in [2.45, 2.75) is 18.9 Å². The predicted molar refractivity (Wildman–Crippen MR) is 125 cm³/mol. The fourth-order valence-electron chi connectivity index (χ4n) is 4.22. The number of H-pyrrole nitrogens is 1. The van der Waals surface area contributed by atoms with E-state index in [0.717, 1.165) is 28.6 Å². The van der Waals surface area contributed by atoms with E-state index in [-0.39, 0.29) is 27.3 Å². The summed E-state index contributed by atoms with van der Waals surface area (Å²) in [5.74, 6) is 0. The number of nitrogens with one attached hydrogen (secondary N) is 1. The largest absolute Gasteiger partial charge is 0.381 e. The number of rotatable bonds is 3. The van der Waals surface area contributed by atoms with Crippen LogP contribution < -0.4 is 16.8 Å². The van der Waals surface area contributed by atoms with Gasteiger partial charge in [-0.25, -0.2) is 4.79 Å². The van der Waals surface area contributed by atoms with E-state index < -0.39 is 16.9 Å². The lowest BCUT2D eigenvalue weighted by molar-refractivity contribution is 0.0698. The molecular formula is C22H16Cl2N6O4. The van der Waals surface area contributed by atoms with Gasteiger partial charge in [-0.15, -0.1) is 5.10 Å². The van der Waals surface area contributed by atoms with Crippen LogP contribution in [-0.4, -0.2) is 37.1 Å². The Kier molecular flexibility index (Phi) is 5.61. The van der Waals surface area contributed by atoms with Crippen molar-refractivity contribution in [3.05, 3.63) is 83.5 Å². The molecular weight excluding hydrogens is 483 g/mol. The van der Waals surface area contributed by atoms with Crippen LogP contribution in [0, 0.1) is 11.3 Å². The second-order valence-electron chi connectivity index (χ2n) is 7.73. The smallest absolute Gasteiger partial charge is 0.349 e. The van der Waals surface area contributed by atoms with Gasteiger partial charge in [-0.1, -0.05) is 23.2 Å². The van der Waals surface area contributed by atoms with E-state index in [0.29, 0.717) is 18.9 Å². The normalized spacial score (nSPS) is 14.4. The standard InChI is InChI=1S/C22H16Cl2N6O4/c23-14-9-13(30-22(33)26-21(32)16(11-25)27-30)10-15(24)20(14)28-6-3-18-17(28)1-2-19(31)29(18)12-4-7-34-8-5-12/h1-3,6,9-10,12H,4-5,7-8H2,(H,26,32,33). The number of aromatic nitrogens is 5. The Labute approximate surface area is 201 Å². The van der Waals surface area contributed by atoms with E-state index in [9.17, 15) is 14.4 Å². The monoisotopic (exact) mass is 498 g/mol. The summed E-state index contributed by atoms with van der Waals surface area (Å²) in [5.41, 5.74) is -0.200. The lowest BCUT2D eigenvalue weighted by Crippen LogP contribution is -2.33. The van der Waals surface area contributed by atoms with E-state index >= 15 is 0 Å². The Morgan fingerprint density at radius 3 is 2.44 bits per heavy atom. The van der Waals surface area contributed by atoms with Gasteiger partial charge >= 0.3 is 5.69 Å². The number of nitrogens with zero attached hydrogens (tertiary/aromatic N) is 5. The van der Waals surface area contributed by atoms with Gasteiger partial charge in [-0.2, -0.15) is 9.94 Å². The maximum atomic E-state index is 12.7. The van der Waals surface area contributed by atoms with Crippen molar-refractivity contribution in [2.24, 2.45) is 0 Å². The molecule has 0 spiro atoms. The SMILES string of the molecule is N#Cc1nn(-c2cc(Cl)c(-n3ccc4c3ccc(=O)n4C3CCOCC3)c(Cl)c2)c(=O)[nH]c1=O. The van der Waals surface area contributed by atoms with Crippen LogP contribution in [0.3, 0.4) is 0 Å². The zero-order valence-corrected chi connectivity index (χ0v) is 19.0. The minimum Gasteiger partial charge on any atom is -0.381 e. The number of halogens is 2. The van der Waals surface area contributed by atoms with E-state index in [4.69, 9.17) is 33.2 Å². The fraction of sp³-hybridized carbons (Fsp3) is 0.227. The van der Waals surface area contributed by atoms with E-state index in [1.165, 1.54) is 18.2 Å². The first-order valence-electron chi connectivity index (χ1n) is 10.3. The summed E-state index contributed by atoms with van der Waals surface area (Å²) in [7, 11) is 0. The molecule has 0 bridgehead atoms. The van der Waals surface area contributed by atoms with Crippen LogP contribution in [0.25, 0.3) is 22.4 Å². The highest BCUT2D eigenvalue weighted by Crippen LogP contribution is 2.34. The van der Waals surface area contributed by atoms with E-state index in [2.05, 4.69) is 5.10 Å². The molecule has 0 unspecified atom stereocenters. The van der Waals surface area contributed by atoms with E-state index in [1.807, 2.05) is 11.1 Å². The van der Waals surface area contributed by atoms with Crippen LogP contribution in [0.1, 0.15) is 24.6 Å². The molecule has 4 aromatic rings. The lowest BCUT2D eigenvalue weighted by atomic mass is 10.1. The Hall–Kier alpha value is -3.65. The molecule has 0 saturated carbocycles. The van der Waals surface area contributed by atoms with Crippen LogP contribution >= 0.6 is 23.2 Å². The summed E-state index contributed by atoms with van der Waals surface area (Å²) in [5, 5.41) is 13.2. The third kappa shape index (κ3) is 3.64. The number of pyridine rings is 1. The Morgan fingerprint density at radius 1 is 1.06 bits per heavy atom. The number of benzene rings is 1. The second-order valence-corrected chi connectivity index (χ2v) is 8.55. The average Bonchev–Trinajstić information content (AvgIpc) is 3.22. The molecule has 12 heteroatoms. The van der Waals surface area contributed by atoms with Gasteiger partial charge < -0.3 is 13.9 Å². The zero-order chi connectivity index (χ0) is 24.0. The molecule has 34 heavy (non-hydrogen) atoms. The second kappa shape index (κ2) is 8.61. The van der Waals surface area contributed by atoms with Crippen molar-refractivity contribution in [1.29, 1.82) is 5.26 Å². The number of aromatic amines is 1. The summed E-state index contributed by atoms with van der Waals surface area (Å²) < 4.78 is 9.82. The van der Waals surface area contributed by atoms with Crippen LogP contribution in [0.15, 0.2) is 50.9 Å². The van der Waals surface area contributed by atoms with Crippen molar-refractivity contribution < 1.29 is 4.74 Å². The summed E-state index contributed by atoms with van der Waals surface area (Å²) >= 11 is 13.2. The molecule has 1 aromatic carbocycles. The molecule has 4 heterocycles. The number of hydrogen-bond donors (Lipinski definition) is 1. The molecule has 0 aliphatic carbocycles. The first-order valence-corrected chi connectivity index (χ1v) is 11.1. The fourth-order valence-corrected chi connectivity index (χ4v) is 4.88. The van der Waals surface area contributed by atoms with Gasteiger partial charge in [-0.3, -0.25) is 14.6 Å². The number of nitriles is 1. The lowest BCUT2D eigenvalue weighted by Gasteiger charge is -2.25. The third-order valence-corrected chi connectivity index (χ3v) is 6.34. The van der Waals surface area contributed by atoms with Crippen LogP contribution in [0.2, 0.25) is 10.0 Å². The summed E-state index contributed by atoms with van der Waals surface area (Å²) in [4.78, 5) is 38.6. The van der Waals surface area contributed by atoms with Gasteiger partial charge in [0.15, 0.2) is 0 Å². The van der Waals surface area contributed by atoms with Gasteiger partial charge in [0.2, 0.25) is 5.69 Å². The molecule has 5 rings (SSSR count). The van der Waals surface area contributed by atoms with Crippen LogP contribution in [0.4, 0.5) is 0 Å². The highest BCUT2D eigenvalue weighted by molar-refractivity contribution is 6.38. The Bertz CT molecular complexity index is 1630. The van der Waals surface area contributed by atoms with Crippen molar-refractivity contribution in [1.82, 2.24) is 23.9 Å². The first kappa shape index (κ1) is 22.2. The number of hydrogen-bond acceptors (Lipinski definition) is 6. The van der Waals surface area contributed by atoms with Crippen molar-refractivity contribution in [3.8, 4) is 17.4 Å². The van der Waals surface area contributed by atoms with Gasteiger partial charge in [0.1, 0.15) is 6.07 Å². The van der Waals surface area contributed by atoms with Gasteiger partial charge in [0, 0.05) is 31.5 Å². The molecule has 3 aromatic heterocycles. The highest BCUT2D eigenvalue weighted by atomic mass is 35.5. The molecule has 1 N–H and O–H groups in total. The topological polar surface area (TPSA) is 128 Å². The average molecular weight is 499 g/mol. The van der Waals surface area contributed by atoms with Gasteiger partial charge in [-0.05, 0) is 37.1 Å². The molecule has 1 aliphatic rings. The maximum absolute atomic E-state index is 12.7. The summed E-state index contributed by atoms with van der Waals surface area (Å²) in [6.07, 6.45) is 3.25. The minimum atomic E-state index is -0.882. The molecule has 0 radical (unpaired) electrons. The third-order valence-electron chi connectivity index (χ3n) is 5.76. The molecule has 1 saturated heterocycles. The minimum absolute atomic E-state index is 0.0293. The Balaban J connectivity index is 1.66. The number of ether oxygens (including phenoxy) is 1. The van der Waals surface area contributed by atoms with Gasteiger partial charge in [0.05, 0.1) is 32.5 Å². The molecule has 0 amide bonds. The summed E-state index contributed by atoms with van der Waals surface area (Å²) in [6.45, 7) is 1.19. The molecule has 0 atom stereocenters. The number of fused-ring (bicyclic) bond motifs is 1. The summed E-state index contributed by atoms with van der Waals surface area (Å²) in [6, 6.07) is 9.63. The van der Waals surface area contributed by atoms with Crippen molar-refractivity contribution in [2.75, 3.05) is 13.2 Å².